The van der Waals surface area contributed by atoms with Gasteiger partial charge in [-0.1, -0.05) is 0 Å². The van der Waals surface area contributed by atoms with Crippen LogP contribution in [0.2, 0.25) is 0 Å². The molecule has 0 saturated heterocycles. The molecule has 0 aliphatic rings. The summed E-state index contributed by atoms with van der Waals surface area (Å²) in [6.45, 7) is 0.0633. The number of carbonyl (C=O) groups excluding carboxylic acids is 2. The summed E-state index contributed by atoms with van der Waals surface area (Å²) in [4.78, 5) is 37.2. The minimum absolute atomic E-state index is 0.0200. The van der Waals surface area contributed by atoms with E-state index in [9.17, 15) is 23.2 Å². The number of nitrogens with one attached hydrogen (secondary N) is 3. The van der Waals surface area contributed by atoms with Crippen molar-refractivity contribution in [1.29, 1.82) is 0 Å². The molecule has 0 aliphatic carbocycles. The van der Waals surface area contributed by atoms with E-state index in [0.717, 1.165) is 12.1 Å². The molecular formula is C15H13F2N3O3. The Morgan fingerprint density at radius 3 is 2.26 bits per heavy atom. The van der Waals surface area contributed by atoms with Gasteiger partial charge >= 0.3 is 0 Å². The average molecular weight is 321 g/mol. The van der Waals surface area contributed by atoms with Crippen molar-refractivity contribution in [1.82, 2.24) is 15.6 Å². The van der Waals surface area contributed by atoms with E-state index in [0.29, 0.717) is 6.07 Å². The van der Waals surface area contributed by atoms with Gasteiger partial charge in [0, 0.05) is 25.4 Å². The number of aromatic amines is 1. The number of aromatic nitrogens is 1. The highest BCUT2D eigenvalue weighted by Crippen LogP contribution is 2.08. The number of carbonyl (C=O) groups is 2. The largest absolute Gasteiger partial charge is 0.350 e. The smallest absolute Gasteiger partial charge is 0.260 e. The van der Waals surface area contributed by atoms with Gasteiger partial charge in [-0.3, -0.25) is 14.4 Å². The van der Waals surface area contributed by atoms with Crippen molar-refractivity contribution >= 4 is 11.8 Å². The van der Waals surface area contributed by atoms with E-state index in [-0.39, 0.29) is 24.2 Å². The van der Waals surface area contributed by atoms with Gasteiger partial charge in [-0.05, 0) is 24.3 Å². The van der Waals surface area contributed by atoms with E-state index < -0.39 is 29.0 Å². The third kappa shape index (κ3) is 4.22. The third-order valence-electron chi connectivity index (χ3n) is 2.93. The molecule has 1 aromatic heterocycles. The minimum Gasteiger partial charge on any atom is -0.350 e. The first kappa shape index (κ1) is 16.3. The molecule has 1 heterocycles. The van der Waals surface area contributed by atoms with Crippen LogP contribution in [0.4, 0.5) is 8.78 Å². The predicted molar refractivity (Wildman–Crippen MR) is 78.1 cm³/mol. The van der Waals surface area contributed by atoms with Crippen molar-refractivity contribution in [3.8, 4) is 0 Å². The maximum atomic E-state index is 13.4. The van der Waals surface area contributed by atoms with Crippen molar-refractivity contribution in [2.75, 3.05) is 13.1 Å². The van der Waals surface area contributed by atoms with Crippen LogP contribution < -0.4 is 16.2 Å². The molecule has 3 N–H and O–H groups in total. The molecule has 0 fully saturated rings. The molecule has 0 atom stereocenters. The highest BCUT2D eigenvalue weighted by molar-refractivity contribution is 5.95. The van der Waals surface area contributed by atoms with Gasteiger partial charge in [0.2, 0.25) is 0 Å². The molecule has 23 heavy (non-hydrogen) atoms. The molecule has 120 valence electrons. The van der Waals surface area contributed by atoms with Crippen LogP contribution in [0, 0.1) is 11.6 Å². The van der Waals surface area contributed by atoms with Gasteiger partial charge in [0.1, 0.15) is 17.2 Å². The Morgan fingerprint density at radius 1 is 1.00 bits per heavy atom. The second-order valence-corrected chi connectivity index (χ2v) is 4.55. The van der Waals surface area contributed by atoms with Crippen LogP contribution in [0.1, 0.15) is 20.7 Å². The van der Waals surface area contributed by atoms with E-state index in [4.69, 9.17) is 0 Å². The second kappa shape index (κ2) is 7.30. The SMILES string of the molecule is O=C(NCCNC(=O)c1ccc[nH]c1=O)c1ccc(F)cc1F. The Labute approximate surface area is 129 Å². The first-order chi connectivity index (χ1) is 11.0. The Balaban J connectivity index is 1.83. The summed E-state index contributed by atoms with van der Waals surface area (Å²) in [7, 11) is 0. The molecule has 0 unspecified atom stereocenters. The van der Waals surface area contributed by atoms with Crippen molar-refractivity contribution in [3.05, 3.63) is 69.6 Å². The Morgan fingerprint density at radius 2 is 1.65 bits per heavy atom. The number of hydrogen-bond acceptors (Lipinski definition) is 3. The molecule has 8 heteroatoms. The van der Waals surface area contributed by atoms with Gasteiger partial charge in [-0.25, -0.2) is 8.78 Å². The maximum absolute atomic E-state index is 13.4. The highest BCUT2D eigenvalue weighted by Gasteiger charge is 2.12. The van der Waals surface area contributed by atoms with E-state index in [1.807, 2.05) is 0 Å². The summed E-state index contributed by atoms with van der Waals surface area (Å²) >= 11 is 0. The zero-order valence-electron chi connectivity index (χ0n) is 11.9. The number of pyridine rings is 1. The fourth-order valence-corrected chi connectivity index (χ4v) is 1.82. The van der Waals surface area contributed by atoms with Crippen molar-refractivity contribution in [2.45, 2.75) is 0 Å². The molecule has 0 bridgehead atoms. The third-order valence-corrected chi connectivity index (χ3v) is 2.93. The first-order valence-corrected chi connectivity index (χ1v) is 6.68. The monoisotopic (exact) mass is 321 g/mol. The molecule has 0 radical (unpaired) electrons. The molecular weight excluding hydrogens is 308 g/mol. The fourth-order valence-electron chi connectivity index (χ4n) is 1.82. The zero-order chi connectivity index (χ0) is 16.8. The lowest BCUT2D eigenvalue weighted by atomic mass is 10.2. The standard InChI is InChI=1S/C15H13F2N3O3/c16-9-3-4-10(12(17)8-9)13(21)19-6-7-20-15(23)11-2-1-5-18-14(11)22/h1-5,8H,6-7H2,(H,18,22)(H,19,21)(H,20,23). The predicted octanol–water partition coefficient (Wildman–Crippen LogP) is 0.813. The van der Waals surface area contributed by atoms with Gasteiger partial charge in [-0.2, -0.15) is 0 Å². The molecule has 6 nitrogen and oxygen atoms in total. The number of benzene rings is 1. The fraction of sp³-hybridized carbons (Fsp3) is 0.133. The molecule has 2 rings (SSSR count). The topological polar surface area (TPSA) is 91.1 Å². The molecule has 2 aromatic rings. The van der Waals surface area contributed by atoms with Gasteiger partial charge in [-0.15, -0.1) is 0 Å². The summed E-state index contributed by atoms with van der Waals surface area (Å²) in [5, 5.41) is 4.82. The highest BCUT2D eigenvalue weighted by atomic mass is 19.1. The summed E-state index contributed by atoms with van der Waals surface area (Å²) in [6, 6.07) is 5.48. The zero-order valence-corrected chi connectivity index (χ0v) is 11.9. The van der Waals surface area contributed by atoms with Gasteiger partial charge in [0.15, 0.2) is 0 Å². The number of amides is 2. The Bertz CT molecular complexity index is 790. The summed E-state index contributed by atoms with van der Waals surface area (Å²) in [5.74, 6) is -3.06. The summed E-state index contributed by atoms with van der Waals surface area (Å²) in [5.41, 5.74) is -0.872. The van der Waals surface area contributed by atoms with Crippen molar-refractivity contribution in [3.63, 3.8) is 0 Å². The van der Waals surface area contributed by atoms with Crippen molar-refractivity contribution in [2.24, 2.45) is 0 Å². The lowest BCUT2D eigenvalue weighted by Gasteiger charge is -2.07. The van der Waals surface area contributed by atoms with Crippen LogP contribution in [0.3, 0.4) is 0 Å². The number of rotatable bonds is 5. The number of H-pyrrole nitrogens is 1. The van der Waals surface area contributed by atoms with Crippen LogP contribution in [-0.2, 0) is 0 Å². The molecule has 0 spiro atoms. The minimum atomic E-state index is -0.970. The lowest BCUT2D eigenvalue weighted by Crippen LogP contribution is -2.36. The van der Waals surface area contributed by atoms with Crippen LogP contribution in [0.15, 0.2) is 41.3 Å². The van der Waals surface area contributed by atoms with Crippen LogP contribution in [-0.4, -0.2) is 29.9 Å². The van der Waals surface area contributed by atoms with E-state index in [2.05, 4.69) is 15.6 Å². The summed E-state index contributed by atoms with van der Waals surface area (Å²) in [6.07, 6.45) is 1.40. The first-order valence-electron chi connectivity index (χ1n) is 6.68. The van der Waals surface area contributed by atoms with E-state index in [1.54, 1.807) is 0 Å². The van der Waals surface area contributed by atoms with Crippen LogP contribution in [0.25, 0.3) is 0 Å². The number of halogens is 2. The van der Waals surface area contributed by atoms with E-state index >= 15 is 0 Å². The van der Waals surface area contributed by atoms with Crippen LogP contribution >= 0.6 is 0 Å². The average Bonchev–Trinajstić information content (AvgIpc) is 2.51. The Hall–Kier alpha value is -3.03. The van der Waals surface area contributed by atoms with Crippen LogP contribution in [0.5, 0.6) is 0 Å². The Kier molecular flexibility index (Phi) is 5.19. The normalized spacial score (nSPS) is 10.2. The van der Waals surface area contributed by atoms with Gasteiger partial charge < -0.3 is 15.6 Å². The van der Waals surface area contributed by atoms with Crippen molar-refractivity contribution < 1.29 is 18.4 Å². The number of hydrogen-bond donors (Lipinski definition) is 3. The molecule has 1 aromatic carbocycles. The summed E-state index contributed by atoms with van der Waals surface area (Å²) < 4.78 is 26.1. The van der Waals surface area contributed by atoms with Gasteiger partial charge in [0.05, 0.1) is 5.56 Å². The van der Waals surface area contributed by atoms with Gasteiger partial charge in [0.25, 0.3) is 17.4 Å². The lowest BCUT2D eigenvalue weighted by molar-refractivity contribution is 0.0924. The van der Waals surface area contributed by atoms with E-state index in [1.165, 1.54) is 18.3 Å². The maximum Gasteiger partial charge on any atom is 0.260 e. The molecule has 2 amide bonds. The molecule has 0 saturated carbocycles. The quantitative estimate of drug-likeness (QED) is 0.712. The molecule has 0 aliphatic heterocycles. The second-order valence-electron chi connectivity index (χ2n) is 4.55.